The minimum Gasteiger partial charge on any atom is -0.336 e. The van der Waals surface area contributed by atoms with Crippen LogP contribution in [-0.4, -0.2) is 58.2 Å². The van der Waals surface area contributed by atoms with Crippen LogP contribution in [0.2, 0.25) is 0 Å². The Labute approximate surface area is 161 Å². The Balaban J connectivity index is 1.56. The fourth-order valence-corrected chi connectivity index (χ4v) is 4.22. The Morgan fingerprint density at radius 3 is 2.71 bits per heavy atom. The number of amides is 2. The molecule has 0 bridgehead atoms. The molecule has 1 atom stereocenters. The maximum atomic E-state index is 13.5. The molecule has 2 amide bonds. The number of rotatable bonds is 4. The third-order valence-corrected chi connectivity index (χ3v) is 5.90. The molecule has 0 aliphatic carbocycles. The number of carbonyl (C=O) groups is 2. The van der Waals surface area contributed by atoms with Crippen LogP contribution in [-0.2, 0) is 28.7 Å². The fourth-order valence-electron chi connectivity index (χ4n) is 3.29. The van der Waals surface area contributed by atoms with Gasteiger partial charge in [-0.05, 0) is 0 Å². The lowest BCUT2D eigenvalue weighted by molar-refractivity contribution is -0.148. The van der Waals surface area contributed by atoms with Crippen LogP contribution in [0.5, 0.6) is 0 Å². The minimum atomic E-state index is -4.53. The maximum Gasteiger partial charge on any atom is 0.443 e. The van der Waals surface area contributed by atoms with Crippen molar-refractivity contribution < 1.29 is 31.5 Å². The zero-order chi connectivity index (χ0) is 20.7. The van der Waals surface area contributed by atoms with Gasteiger partial charge in [0.05, 0.1) is 18.8 Å². The molecular weight excluding hydrogens is 407 g/mol. The van der Waals surface area contributed by atoms with Crippen LogP contribution in [0.25, 0.3) is 0 Å². The van der Waals surface area contributed by atoms with Gasteiger partial charge in [0.2, 0.25) is 11.8 Å². The van der Waals surface area contributed by atoms with E-state index < -0.39 is 47.9 Å². The molecule has 3 rings (SSSR count). The van der Waals surface area contributed by atoms with Gasteiger partial charge in [-0.1, -0.05) is 0 Å². The molecule has 0 radical (unpaired) electrons. The van der Waals surface area contributed by atoms with Crippen LogP contribution in [0.1, 0.15) is 34.8 Å². The van der Waals surface area contributed by atoms with E-state index in [0.29, 0.717) is 16.2 Å². The molecule has 0 aromatic carbocycles. The average Bonchev–Trinajstić information content (AvgIpc) is 3.01. The first-order valence-corrected chi connectivity index (χ1v) is 9.51. The zero-order valence-electron chi connectivity index (χ0n) is 14.8. The van der Waals surface area contributed by atoms with Crippen molar-refractivity contribution in [3.05, 3.63) is 15.6 Å². The van der Waals surface area contributed by atoms with E-state index in [2.05, 4.69) is 4.98 Å². The molecule has 1 saturated heterocycles. The van der Waals surface area contributed by atoms with E-state index in [-0.39, 0.29) is 44.6 Å². The number of thiazole rings is 1. The molecular formula is C16H19F5N4O2S. The highest BCUT2D eigenvalue weighted by molar-refractivity contribution is 7.11. The topological polar surface area (TPSA) is 79.5 Å². The quantitative estimate of drug-likeness (QED) is 0.748. The average molecular weight is 426 g/mol. The monoisotopic (exact) mass is 426 g/mol. The highest BCUT2D eigenvalue weighted by atomic mass is 32.1. The number of hydrogen-bond acceptors (Lipinski definition) is 5. The molecule has 1 aromatic rings. The second kappa shape index (κ2) is 7.54. The molecule has 1 fully saturated rings. The van der Waals surface area contributed by atoms with Gasteiger partial charge in [0.1, 0.15) is 0 Å². The van der Waals surface area contributed by atoms with E-state index in [9.17, 15) is 31.5 Å². The standard InChI is InChI=1S/C16H19F5N4O2S/c17-15(18)3-1-12(26)25(8-15)6-9(22)5-13(27)24-4-2-11-10(7-24)23-14(28-11)16(19,20)21/h9H,1-8,22H2/t9-/m0/s1. The molecule has 0 saturated carbocycles. The van der Waals surface area contributed by atoms with E-state index in [4.69, 9.17) is 5.73 Å². The summed E-state index contributed by atoms with van der Waals surface area (Å²) < 4.78 is 65.3. The normalized spacial score (nSPS) is 20.9. The van der Waals surface area contributed by atoms with Crippen molar-refractivity contribution in [2.45, 2.75) is 50.4 Å². The van der Waals surface area contributed by atoms with Crippen LogP contribution in [0.3, 0.4) is 0 Å². The highest BCUT2D eigenvalue weighted by Crippen LogP contribution is 2.36. The summed E-state index contributed by atoms with van der Waals surface area (Å²) in [5.41, 5.74) is 6.09. The fraction of sp³-hybridized carbons (Fsp3) is 0.688. The molecule has 12 heteroatoms. The lowest BCUT2D eigenvalue weighted by atomic mass is 10.0. The van der Waals surface area contributed by atoms with Crippen molar-refractivity contribution in [1.82, 2.24) is 14.8 Å². The Kier molecular flexibility index (Phi) is 5.63. The molecule has 28 heavy (non-hydrogen) atoms. The first-order chi connectivity index (χ1) is 12.9. The van der Waals surface area contributed by atoms with E-state index >= 15 is 0 Å². The van der Waals surface area contributed by atoms with Gasteiger partial charge in [-0.2, -0.15) is 13.2 Å². The molecule has 3 heterocycles. The summed E-state index contributed by atoms with van der Waals surface area (Å²) in [4.78, 5) is 30.6. The molecule has 1 aromatic heterocycles. The number of piperidine rings is 1. The van der Waals surface area contributed by atoms with Crippen LogP contribution < -0.4 is 5.73 Å². The summed E-state index contributed by atoms with van der Waals surface area (Å²) in [6.07, 6.45) is -5.22. The lowest BCUT2D eigenvalue weighted by Gasteiger charge is -2.34. The van der Waals surface area contributed by atoms with Crippen molar-refractivity contribution >= 4 is 23.2 Å². The summed E-state index contributed by atoms with van der Waals surface area (Å²) in [6.45, 7) is -0.707. The summed E-state index contributed by atoms with van der Waals surface area (Å²) in [5, 5.41) is -0.937. The summed E-state index contributed by atoms with van der Waals surface area (Å²) >= 11 is 0.579. The SMILES string of the molecule is N[C@@H](CC(=O)N1CCc2sc(C(F)(F)F)nc2C1)CN1CC(F)(F)CCC1=O. The molecule has 2 N–H and O–H groups in total. The van der Waals surface area contributed by atoms with E-state index in [1.165, 1.54) is 4.90 Å². The van der Waals surface area contributed by atoms with Crippen LogP contribution >= 0.6 is 11.3 Å². The smallest absolute Gasteiger partial charge is 0.336 e. The zero-order valence-corrected chi connectivity index (χ0v) is 15.6. The first-order valence-electron chi connectivity index (χ1n) is 8.69. The summed E-state index contributed by atoms with van der Waals surface area (Å²) in [5.74, 6) is -3.81. The molecule has 2 aliphatic heterocycles. The molecule has 2 aliphatic rings. The van der Waals surface area contributed by atoms with E-state index in [0.717, 1.165) is 4.90 Å². The second-order valence-corrected chi connectivity index (χ2v) is 8.13. The number of nitrogens with two attached hydrogens (primary N) is 1. The van der Waals surface area contributed by atoms with Crippen molar-refractivity contribution in [1.29, 1.82) is 0 Å². The van der Waals surface area contributed by atoms with Crippen molar-refractivity contribution in [3.63, 3.8) is 0 Å². The van der Waals surface area contributed by atoms with Crippen LogP contribution in [0, 0.1) is 0 Å². The van der Waals surface area contributed by atoms with Gasteiger partial charge in [0.15, 0.2) is 5.01 Å². The second-order valence-electron chi connectivity index (χ2n) is 7.05. The van der Waals surface area contributed by atoms with Gasteiger partial charge in [-0.3, -0.25) is 9.59 Å². The number of likely N-dealkylation sites (tertiary alicyclic amines) is 1. The number of alkyl halides is 5. The summed E-state index contributed by atoms with van der Waals surface area (Å²) in [6, 6.07) is -0.840. The number of halogens is 5. The predicted molar refractivity (Wildman–Crippen MR) is 89.6 cm³/mol. The van der Waals surface area contributed by atoms with Crippen molar-refractivity contribution in [2.75, 3.05) is 19.6 Å². The molecule has 156 valence electrons. The predicted octanol–water partition coefficient (Wildman–Crippen LogP) is 2.02. The lowest BCUT2D eigenvalue weighted by Crippen LogP contribution is -2.51. The van der Waals surface area contributed by atoms with Crippen LogP contribution in [0.15, 0.2) is 0 Å². The summed E-state index contributed by atoms with van der Waals surface area (Å²) in [7, 11) is 0. The largest absolute Gasteiger partial charge is 0.443 e. The van der Waals surface area contributed by atoms with E-state index in [1.54, 1.807) is 0 Å². The Bertz CT molecular complexity index is 767. The Hall–Kier alpha value is -1.82. The van der Waals surface area contributed by atoms with Crippen molar-refractivity contribution in [2.24, 2.45) is 5.73 Å². The van der Waals surface area contributed by atoms with Gasteiger partial charge in [0, 0.05) is 49.7 Å². The van der Waals surface area contributed by atoms with Gasteiger partial charge in [-0.15, -0.1) is 11.3 Å². The van der Waals surface area contributed by atoms with Gasteiger partial charge in [-0.25, -0.2) is 13.8 Å². The number of fused-ring (bicyclic) bond motifs is 1. The van der Waals surface area contributed by atoms with Crippen LogP contribution in [0.4, 0.5) is 22.0 Å². The van der Waals surface area contributed by atoms with Gasteiger partial charge in [0.25, 0.3) is 5.92 Å². The third-order valence-electron chi connectivity index (χ3n) is 4.69. The maximum absolute atomic E-state index is 13.5. The number of carbonyl (C=O) groups excluding carboxylic acids is 2. The van der Waals surface area contributed by atoms with Gasteiger partial charge < -0.3 is 15.5 Å². The third kappa shape index (κ3) is 4.77. The first kappa shape index (κ1) is 20.9. The number of aromatic nitrogens is 1. The van der Waals surface area contributed by atoms with Crippen molar-refractivity contribution in [3.8, 4) is 0 Å². The Morgan fingerprint density at radius 1 is 1.32 bits per heavy atom. The highest BCUT2D eigenvalue weighted by Gasteiger charge is 2.40. The molecule has 6 nitrogen and oxygen atoms in total. The number of hydrogen-bond donors (Lipinski definition) is 1. The molecule has 0 unspecified atom stereocenters. The van der Waals surface area contributed by atoms with E-state index in [1.807, 2.05) is 0 Å². The number of nitrogens with zero attached hydrogens (tertiary/aromatic N) is 3. The minimum absolute atomic E-state index is 0.0474. The molecule has 0 spiro atoms. The Morgan fingerprint density at radius 2 is 2.04 bits per heavy atom. The van der Waals surface area contributed by atoms with Gasteiger partial charge >= 0.3 is 6.18 Å².